The van der Waals surface area contributed by atoms with Crippen LogP contribution >= 0.6 is 24.0 Å². The van der Waals surface area contributed by atoms with Crippen LogP contribution in [0.3, 0.4) is 0 Å². The van der Waals surface area contributed by atoms with Gasteiger partial charge in [-0.2, -0.15) is 0 Å². The van der Waals surface area contributed by atoms with E-state index < -0.39 is 0 Å². The van der Waals surface area contributed by atoms with Crippen molar-refractivity contribution in [2.45, 2.75) is 33.1 Å². The first-order valence-corrected chi connectivity index (χ1v) is 8.86. The van der Waals surface area contributed by atoms with E-state index >= 15 is 0 Å². The molecule has 0 aromatic carbocycles. The number of guanidine groups is 1. The second-order valence-corrected chi connectivity index (χ2v) is 5.54. The molecular weight excluding hydrogens is 429 g/mol. The minimum Gasteiger partial charge on any atom is -0.382 e. The van der Waals surface area contributed by atoms with Gasteiger partial charge in [0.2, 0.25) is 0 Å². The summed E-state index contributed by atoms with van der Waals surface area (Å²) in [6.07, 6.45) is 7.07. The molecule has 2 rings (SSSR count). The summed E-state index contributed by atoms with van der Waals surface area (Å²) < 4.78 is 7.39. The first-order valence-electron chi connectivity index (χ1n) is 8.86. The lowest BCUT2D eigenvalue weighted by Crippen LogP contribution is -2.38. The van der Waals surface area contributed by atoms with Crippen LogP contribution in [-0.4, -0.2) is 48.2 Å². The predicted molar refractivity (Wildman–Crippen MR) is 114 cm³/mol. The molecule has 0 saturated carbocycles. The molecule has 0 unspecified atom stereocenters. The fraction of sp³-hybridized carbons (Fsp3) is 0.556. The molecule has 0 atom stereocenters. The smallest absolute Gasteiger partial charge is 0.191 e. The molecule has 0 radical (unpaired) electrons. The number of aliphatic imine (C=N–C) groups is 1. The monoisotopic (exact) mass is 459 g/mol. The van der Waals surface area contributed by atoms with Gasteiger partial charge in [-0.15, -0.1) is 24.0 Å². The molecule has 0 bridgehead atoms. The molecule has 0 spiro atoms. The number of nitrogens with one attached hydrogen (secondary N) is 2. The fourth-order valence-electron chi connectivity index (χ4n) is 2.41. The van der Waals surface area contributed by atoms with Gasteiger partial charge in [0.15, 0.2) is 5.96 Å². The molecular formula is C18H30IN5O. The van der Waals surface area contributed by atoms with Crippen LogP contribution in [0.4, 0.5) is 0 Å². The molecule has 2 N–H and O–H groups in total. The van der Waals surface area contributed by atoms with Crippen LogP contribution in [0.1, 0.15) is 32.4 Å². The standard InChI is InChI=1S/C18H29N5O.HI/c1-3-19-18(20-11-6-8-14-24-4-2)21-12-10-16-15-23-13-7-5-9-17(23)22-16;/h5,7,9,13,15H,3-4,6,8,10-12,14H2,1-2H3,(H2,19,20,21);1H. The van der Waals surface area contributed by atoms with Gasteiger partial charge in [0.05, 0.1) is 5.69 Å². The number of halogens is 1. The Kier molecular flexibility index (Phi) is 11.2. The molecule has 2 aromatic rings. The lowest BCUT2D eigenvalue weighted by molar-refractivity contribution is 0.144. The van der Waals surface area contributed by atoms with E-state index in [9.17, 15) is 0 Å². The number of hydrogen-bond donors (Lipinski definition) is 2. The average molecular weight is 459 g/mol. The second kappa shape index (κ2) is 12.9. The molecule has 7 heteroatoms. The summed E-state index contributed by atoms with van der Waals surface area (Å²) in [6, 6.07) is 6.04. The second-order valence-electron chi connectivity index (χ2n) is 5.54. The highest BCUT2D eigenvalue weighted by Gasteiger charge is 2.02. The Labute approximate surface area is 167 Å². The minimum atomic E-state index is 0. The Hall–Kier alpha value is -1.35. The normalized spacial score (nSPS) is 11.4. The molecule has 0 aliphatic heterocycles. The van der Waals surface area contributed by atoms with Crippen LogP contribution in [0.25, 0.3) is 5.65 Å². The SMILES string of the molecule is CCNC(=NCCCCOCC)NCCc1cn2ccccc2n1.I. The van der Waals surface area contributed by atoms with E-state index in [0.29, 0.717) is 0 Å². The van der Waals surface area contributed by atoms with Crippen LogP contribution < -0.4 is 10.6 Å². The summed E-state index contributed by atoms with van der Waals surface area (Å²) in [5, 5.41) is 6.65. The van der Waals surface area contributed by atoms with Crippen LogP contribution in [0.2, 0.25) is 0 Å². The number of rotatable bonds is 10. The maximum Gasteiger partial charge on any atom is 0.191 e. The molecule has 0 amide bonds. The molecule has 6 nitrogen and oxygen atoms in total. The molecule has 25 heavy (non-hydrogen) atoms. The Balaban J connectivity index is 0.00000312. The molecule has 2 aromatic heterocycles. The van der Waals surface area contributed by atoms with Gasteiger partial charge >= 0.3 is 0 Å². The van der Waals surface area contributed by atoms with E-state index in [1.165, 1.54) is 0 Å². The molecule has 0 aliphatic carbocycles. The largest absolute Gasteiger partial charge is 0.382 e. The zero-order chi connectivity index (χ0) is 17.0. The van der Waals surface area contributed by atoms with Crippen LogP contribution in [0, 0.1) is 0 Å². The number of unbranched alkanes of at least 4 members (excludes halogenated alkanes) is 1. The third-order valence-corrected chi connectivity index (χ3v) is 3.60. The predicted octanol–water partition coefficient (Wildman–Crippen LogP) is 2.87. The average Bonchev–Trinajstić information content (AvgIpc) is 3.00. The van der Waals surface area contributed by atoms with Crippen molar-refractivity contribution in [2.75, 3.05) is 32.8 Å². The Morgan fingerprint density at radius 1 is 1.24 bits per heavy atom. The lowest BCUT2D eigenvalue weighted by Gasteiger charge is -2.10. The number of hydrogen-bond acceptors (Lipinski definition) is 3. The van der Waals surface area contributed by atoms with Gasteiger partial charge in [-0.1, -0.05) is 6.07 Å². The highest BCUT2D eigenvalue weighted by molar-refractivity contribution is 14.0. The third kappa shape index (κ3) is 8.04. The van der Waals surface area contributed by atoms with E-state index in [1.807, 2.05) is 35.7 Å². The number of nitrogens with zero attached hydrogens (tertiary/aromatic N) is 3. The van der Waals surface area contributed by atoms with Gasteiger partial charge in [-0.25, -0.2) is 4.98 Å². The van der Waals surface area contributed by atoms with Crippen LogP contribution in [0.15, 0.2) is 35.6 Å². The van der Waals surface area contributed by atoms with Gasteiger partial charge in [0, 0.05) is 51.7 Å². The summed E-state index contributed by atoms with van der Waals surface area (Å²) >= 11 is 0. The van der Waals surface area contributed by atoms with E-state index in [4.69, 9.17) is 4.74 Å². The molecule has 140 valence electrons. The van der Waals surface area contributed by atoms with Crippen molar-refractivity contribution in [1.82, 2.24) is 20.0 Å². The van der Waals surface area contributed by atoms with Gasteiger partial charge in [-0.3, -0.25) is 4.99 Å². The van der Waals surface area contributed by atoms with E-state index in [2.05, 4.69) is 33.7 Å². The Morgan fingerprint density at radius 3 is 2.88 bits per heavy atom. The van der Waals surface area contributed by atoms with Crippen LogP contribution in [0.5, 0.6) is 0 Å². The first kappa shape index (κ1) is 21.7. The maximum absolute atomic E-state index is 5.34. The van der Waals surface area contributed by atoms with Crippen molar-refractivity contribution in [3.63, 3.8) is 0 Å². The van der Waals surface area contributed by atoms with Crippen molar-refractivity contribution in [3.05, 3.63) is 36.3 Å². The highest BCUT2D eigenvalue weighted by Crippen LogP contribution is 2.04. The molecule has 0 aliphatic rings. The number of fused-ring (bicyclic) bond motifs is 1. The third-order valence-electron chi connectivity index (χ3n) is 3.60. The summed E-state index contributed by atoms with van der Waals surface area (Å²) in [6.45, 7) is 8.20. The van der Waals surface area contributed by atoms with Gasteiger partial charge < -0.3 is 19.8 Å². The lowest BCUT2D eigenvalue weighted by atomic mass is 10.3. The Bertz CT molecular complexity index is 596. The fourth-order valence-corrected chi connectivity index (χ4v) is 2.41. The number of pyridine rings is 1. The van der Waals surface area contributed by atoms with E-state index in [1.54, 1.807) is 0 Å². The molecule has 0 fully saturated rings. The zero-order valence-electron chi connectivity index (χ0n) is 15.2. The maximum atomic E-state index is 5.34. The summed E-state index contributed by atoms with van der Waals surface area (Å²) in [5.74, 6) is 0.873. The first-order chi connectivity index (χ1) is 11.8. The van der Waals surface area contributed by atoms with Crippen molar-refractivity contribution in [3.8, 4) is 0 Å². The zero-order valence-corrected chi connectivity index (χ0v) is 17.5. The van der Waals surface area contributed by atoms with Gasteiger partial charge in [0.1, 0.15) is 5.65 Å². The summed E-state index contributed by atoms with van der Waals surface area (Å²) in [7, 11) is 0. The number of aromatic nitrogens is 2. The summed E-state index contributed by atoms with van der Waals surface area (Å²) in [4.78, 5) is 9.21. The van der Waals surface area contributed by atoms with E-state index in [0.717, 1.165) is 69.4 Å². The quantitative estimate of drug-likeness (QED) is 0.248. The van der Waals surface area contributed by atoms with E-state index in [-0.39, 0.29) is 24.0 Å². The number of ether oxygens (including phenoxy) is 1. The molecule has 2 heterocycles. The van der Waals surface area contributed by atoms with Crippen molar-refractivity contribution >= 4 is 35.6 Å². The van der Waals surface area contributed by atoms with Gasteiger partial charge in [-0.05, 0) is 38.8 Å². The van der Waals surface area contributed by atoms with Crippen molar-refractivity contribution < 1.29 is 4.74 Å². The van der Waals surface area contributed by atoms with Crippen LogP contribution in [-0.2, 0) is 11.2 Å². The van der Waals surface area contributed by atoms with Gasteiger partial charge in [0.25, 0.3) is 0 Å². The Morgan fingerprint density at radius 2 is 2.12 bits per heavy atom. The minimum absolute atomic E-state index is 0. The van der Waals surface area contributed by atoms with Crippen molar-refractivity contribution in [2.24, 2.45) is 4.99 Å². The topological polar surface area (TPSA) is 63.0 Å². The highest BCUT2D eigenvalue weighted by atomic mass is 127. The molecule has 0 saturated heterocycles. The summed E-state index contributed by atoms with van der Waals surface area (Å²) in [5.41, 5.74) is 2.07. The number of imidazole rings is 1. The van der Waals surface area contributed by atoms with Crippen molar-refractivity contribution in [1.29, 1.82) is 0 Å².